The Kier molecular flexibility index (Phi) is 3.93. The lowest BCUT2D eigenvalue weighted by Gasteiger charge is -2.03. The SMILES string of the molecule is Nc1cn(-c2ccccc2Br)nc1-c1ccc(Cl)c(Cl)c1. The van der Waals surface area contributed by atoms with E-state index in [1.807, 2.05) is 30.3 Å². The number of hydrogen-bond donors (Lipinski definition) is 1. The van der Waals surface area contributed by atoms with Crippen molar-refractivity contribution in [1.29, 1.82) is 0 Å². The molecule has 106 valence electrons. The Labute approximate surface area is 140 Å². The van der Waals surface area contributed by atoms with Crippen LogP contribution >= 0.6 is 39.1 Å². The zero-order valence-electron chi connectivity index (χ0n) is 10.7. The van der Waals surface area contributed by atoms with Gasteiger partial charge in [-0.05, 0) is 40.2 Å². The van der Waals surface area contributed by atoms with E-state index in [4.69, 9.17) is 28.9 Å². The first-order valence-corrected chi connectivity index (χ1v) is 7.66. The molecule has 1 aromatic heterocycles. The summed E-state index contributed by atoms with van der Waals surface area (Å²) >= 11 is 15.5. The summed E-state index contributed by atoms with van der Waals surface area (Å²) in [6.45, 7) is 0. The van der Waals surface area contributed by atoms with Crippen LogP contribution in [0.1, 0.15) is 0 Å². The average Bonchev–Trinajstić information content (AvgIpc) is 2.84. The Hall–Kier alpha value is -1.49. The van der Waals surface area contributed by atoms with Gasteiger partial charge in [0.1, 0.15) is 5.69 Å². The first-order valence-electron chi connectivity index (χ1n) is 6.12. The van der Waals surface area contributed by atoms with Gasteiger partial charge in [-0.1, -0.05) is 41.4 Å². The van der Waals surface area contributed by atoms with Gasteiger partial charge in [-0.15, -0.1) is 0 Å². The number of anilines is 1. The van der Waals surface area contributed by atoms with Crippen molar-refractivity contribution in [1.82, 2.24) is 9.78 Å². The number of benzene rings is 2. The molecule has 0 fully saturated rings. The largest absolute Gasteiger partial charge is 0.396 e. The molecule has 1 heterocycles. The van der Waals surface area contributed by atoms with Gasteiger partial charge in [-0.3, -0.25) is 0 Å². The molecular formula is C15H10BrCl2N3. The van der Waals surface area contributed by atoms with Crippen LogP contribution in [0.25, 0.3) is 16.9 Å². The average molecular weight is 383 g/mol. The number of nitrogen functional groups attached to an aromatic ring is 1. The van der Waals surface area contributed by atoms with Crippen molar-refractivity contribution in [2.75, 3.05) is 5.73 Å². The van der Waals surface area contributed by atoms with E-state index in [0.29, 0.717) is 21.4 Å². The molecule has 3 nitrogen and oxygen atoms in total. The summed E-state index contributed by atoms with van der Waals surface area (Å²) in [5.41, 5.74) is 9.06. The summed E-state index contributed by atoms with van der Waals surface area (Å²) in [6.07, 6.45) is 1.78. The van der Waals surface area contributed by atoms with E-state index >= 15 is 0 Å². The first kappa shape index (κ1) is 14.4. The molecule has 0 radical (unpaired) electrons. The predicted molar refractivity (Wildman–Crippen MR) is 91.1 cm³/mol. The van der Waals surface area contributed by atoms with Gasteiger partial charge >= 0.3 is 0 Å². The third-order valence-corrected chi connectivity index (χ3v) is 4.44. The van der Waals surface area contributed by atoms with Crippen molar-refractivity contribution in [2.24, 2.45) is 0 Å². The van der Waals surface area contributed by atoms with Crippen LogP contribution in [0.5, 0.6) is 0 Å². The molecule has 2 N–H and O–H groups in total. The Morgan fingerprint density at radius 3 is 2.52 bits per heavy atom. The molecule has 2 aromatic carbocycles. The highest BCUT2D eigenvalue weighted by Crippen LogP contribution is 2.32. The molecule has 0 aliphatic carbocycles. The summed E-state index contributed by atoms with van der Waals surface area (Å²) in [5.74, 6) is 0. The third-order valence-electron chi connectivity index (χ3n) is 3.03. The molecule has 0 spiro atoms. The summed E-state index contributed by atoms with van der Waals surface area (Å²) < 4.78 is 2.67. The van der Waals surface area contributed by atoms with Crippen LogP contribution in [-0.2, 0) is 0 Å². The Bertz CT molecular complexity index is 814. The molecule has 21 heavy (non-hydrogen) atoms. The molecule has 0 bridgehead atoms. The van der Waals surface area contributed by atoms with Crippen molar-refractivity contribution in [2.45, 2.75) is 0 Å². The van der Waals surface area contributed by atoms with Crippen LogP contribution < -0.4 is 5.73 Å². The normalized spacial score (nSPS) is 10.8. The number of hydrogen-bond acceptors (Lipinski definition) is 2. The van der Waals surface area contributed by atoms with E-state index in [2.05, 4.69) is 21.0 Å². The van der Waals surface area contributed by atoms with Crippen molar-refractivity contribution in [3.63, 3.8) is 0 Å². The second-order valence-electron chi connectivity index (χ2n) is 4.46. The Morgan fingerprint density at radius 1 is 1.05 bits per heavy atom. The zero-order chi connectivity index (χ0) is 15.0. The second kappa shape index (κ2) is 5.72. The molecule has 0 saturated carbocycles. The summed E-state index contributed by atoms with van der Waals surface area (Å²) in [7, 11) is 0. The highest BCUT2D eigenvalue weighted by Gasteiger charge is 2.12. The molecule has 3 aromatic rings. The first-order chi connectivity index (χ1) is 10.1. The van der Waals surface area contributed by atoms with E-state index < -0.39 is 0 Å². The fraction of sp³-hybridized carbons (Fsp3) is 0. The van der Waals surface area contributed by atoms with Crippen molar-refractivity contribution >= 4 is 44.8 Å². The fourth-order valence-electron chi connectivity index (χ4n) is 2.02. The monoisotopic (exact) mass is 381 g/mol. The van der Waals surface area contributed by atoms with Crippen LogP contribution in [0.3, 0.4) is 0 Å². The Morgan fingerprint density at radius 2 is 1.81 bits per heavy atom. The second-order valence-corrected chi connectivity index (χ2v) is 6.13. The van der Waals surface area contributed by atoms with E-state index in [-0.39, 0.29) is 0 Å². The minimum absolute atomic E-state index is 0.476. The maximum Gasteiger partial charge on any atom is 0.116 e. The highest BCUT2D eigenvalue weighted by atomic mass is 79.9. The summed E-state index contributed by atoms with van der Waals surface area (Å²) in [5, 5.41) is 5.52. The summed E-state index contributed by atoms with van der Waals surface area (Å²) in [6, 6.07) is 13.1. The number of nitrogens with two attached hydrogens (primary N) is 1. The van der Waals surface area contributed by atoms with Crippen LogP contribution in [-0.4, -0.2) is 9.78 Å². The topological polar surface area (TPSA) is 43.8 Å². The van der Waals surface area contributed by atoms with Gasteiger partial charge in [-0.25, -0.2) is 4.68 Å². The molecule has 6 heteroatoms. The number of aromatic nitrogens is 2. The van der Waals surface area contributed by atoms with Crippen LogP contribution in [0.15, 0.2) is 53.1 Å². The van der Waals surface area contributed by atoms with Gasteiger partial charge in [0.2, 0.25) is 0 Å². The minimum atomic E-state index is 0.476. The zero-order valence-corrected chi connectivity index (χ0v) is 13.8. The summed E-state index contributed by atoms with van der Waals surface area (Å²) in [4.78, 5) is 0. The molecule has 0 unspecified atom stereocenters. The lowest BCUT2D eigenvalue weighted by atomic mass is 10.1. The molecule has 0 aliphatic rings. The number of para-hydroxylation sites is 1. The number of halogens is 3. The molecule has 0 aliphatic heterocycles. The maximum atomic E-state index is 6.07. The van der Waals surface area contributed by atoms with Crippen LogP contribution in [0, 0.1) is 0 Å². The van der Waals surface area contributed by atoms with Gasteiger partial charge < -0.3 is 5.73 Å². The minimum Gasteiger partial charge on any atom is -0.396 e. The van der Waals surface area contributed by atoms with E-state index in [1.165, 1.54) is 0 Å². The lowest BCUT2D eigenvalue weighted by molar-refractivity contribution is 0.880. The van der Waals surface area contributed by atoms with Crippen LogP contribution in [0.4, 0.5) is 5.69 Å². The maximum absolute atomic E-state index is 6.07. The molecule has 0 amide bonds. The molecule has 0 atom stereocenters. The van der Waals surface area contributed by atoms with Gasteiger partial charge in [-0.2, -0.15) is 5.10 Å². The predicted octanol–water partition coefficient (Wildman–Crippen LogP) is 5.19. The highest BCUT2D eigenvalue weighted by molar-refractivity contribution is 9.10. The van der Waals surface area contributed by atoms with Crippen molar-refractivity contribution < 1.29 is 0 Å². The third kappa shape index (κ3) is 2.79. The lowest BCUT2D eigenvalue weighted by Crippen LogP contribution is -1.95. The molecule has 3 rings (SSSR count). The quantitative estimate of drug-likeness (QED) is 0.662. The number of rotatable bonds is 2. The van der Waals surface area contributed by atoms with Gasteiger partial charge in [0.25, 0.3) is 0 Å². The smallest absolute Gasteiger partial charge is 0.116 e. The fourth-order valence-corrected chi connectivity index (χ4v) is 2.78. The molecule has 0 saturated heterocycles. The van der Waals surface area contributed by atoms with E-state index in [0.717, 1.165) is 15.7 Å². The Balaban J connectivity index is 2.10. The van der Waals surface area contributed by atoms with Crippen molar-refractivity contribution in [3.05, 3.63) is 63.2 Å². The van der Waals surface area contributed by atoms with Crippen LogP contribution in [0.2, 0.25) is 10.0 Å². The van der Waals surface area contributed by atoms with E-state index in [9.17, 15) is 0 Å². The van der Waals surface area contributed by atoms with E-state index in [1.54, 1.807) is 23.0 Å². The van der Waals surface area contributed by atoms with Gasteiger partial charge in [0, 0.05) is 10.0 Å². The standard InChI is InChI=1S/C15H10BrCl2N3/c16-10-3-1-2-4-14(10)21-8-13(19)15(20-21)9-5-6-11(17)12(18)7-9/h1-8H,19H2. The van der Waals surface area contributed by atoms with Gasteiger partial charge in [0.15, 0.2) is 0 Å². The van der Waals surface area contributed by atoms with Gasteiger partial charge in [0.05, 0.1) is 27.6 Å². The number of nitrogens with zero attached hydrogens (tertiary/aromatic N) is 2. The molecular weight excluding hydrogens is 373 g/mol. The van der Waals surface area contributed by atoms with Crippen molar-refractivity contribution in [3.8, 4) is 16.9 Å².